The molecule has 0 bridgehead atoms. The Balaban J connectivity index is 1.80. The maximum absolute atomic E-state index is 11.5. The summed E-state index contributed by atoms with van der Waals surface area (Å²) in [5.41, 5.74) is 9.09. The van der Waals surface area contributed by atoms with Crippen LogP contribution >= 0.6 is 0 Å². The largest absolute Gasteiger partial charge is 0.493 e. The number of aromatic nitrogens is 3. The van der Waals surface area contributed by atoms with E-state index >= 15 is 0 Å². The smallest absolute Gasteiger partial charge is 0.238 e. The molecule has 1 atom stereocenters. The Morgan fingerprint density at radius 3 is 2.43 bits per heavy atom. The minimum atomic E-state index is -3.76. The van der Waals surface area contributed by atoms with E-state index < -0.39 is 10.0 Å². The predicted octanol–water partition coefficient (Wildman–Crippen LogP) is 1.77. The van der Waals surface area contributed by atoms with Crippen molar-refractivity contribution < 1.29 is 13.2 Å². The van der Waals surface area contributed by atoms with Crippen LogP contribution < -0.4 is 10.9 Å². The van der Waals surface area contributed by atoms with E-state index in [1.165, 1.54) is 12.1 Å². The topological polar surface area (TPSA) is 149 Å². The van der Waals surface area contributed by atoms with Crippen LogP contribution in [0.4, 0.5) is 0 Å². The van der Waals surface area contributed by atoms with E-state index in [1.54, 1.807) is 31.6 Å². The molecule has 5 N–H and O–H groups in total. The van der Waals surface area contributed by atoms with Gasteiger partial charge < -0.3 is 15.5 Å². The highest BCUT2D eigenvalue weighted by Crippen LogP contribution is 2.33. The van der Waals surface area contributed by atoms with Gasteiger partial charge in [0.2, 0.25) is 10.0 Å². The number of primary sulfonamides is 1. The highest BCUT2D eigenvalue weighted by atomic mass is 32.2. The molecule has 2 aromatic heterocycles. The molecule has 0 saturated carbocycles. The van der Waals surface area contributed by atoms with E-state index in [0.717, 1.165) is 22.5 Å². The number of ether oxygens (including phenoxy) is 1. The van der Waals surface area contributed by atoms with Crippen LogP contribution in [0.3, 0.4) is 0 Å². The molecule has 1 unspecified atom stereocenters. The molecule has 1 aromatic carbocycles. The lowest BCUT2D eigenvalue weighted by atomic mass is 9.98. The second-order valence-corrected chi connectivity index (χ2v) is 8.28. The zero-order valence-electron chi connectivity index (χ0n) is 16.1. The first kappa shape index (κ1) is 19.8. The number of hydrogen-bond acceptors (Lipinski definition) is 7. The Hall–Kier alpha value is -3.50. The van der Waals surface area contributed by atoms with E-state index in [9.17, 15) is 8.42 Å². The predicted molar refractivity (Wildman–Crippen MR) is 113 cm³/mol. The van der Waals surface area contributed by atoms with Crippen LogP contribution in [0.15, 0.2) is 70.5 Å². The van der Waals surface area contributed by atoms with Gasteiger partial charge in [-0.25, -0.2) is 18.5 Å². The van der Waals surface area contributed by atoms with E-state index in [4.69, 9.17) is 20.6 Å². The number of hydrogen-bond donors (Lipinski definition) is 3. The van der Waals surface area contributed by atoms with Crippen molar-refractivity contribution in [2.45, 2.75) is 10.8 Å². The van der Waals surface area contributed by atoms with Gasteiger partial charge in [0.25, 0.3) is 0 Å². The third-order valence-electron chi connectivity index (χ3n) is 4.80. The van der Waals surface area contributed by atoms with Crippen LogP contribution in [-0.2, 0) is 14.8 Å². The van der Waals surface area contributed by atoms with Crippen LogP contribution in [0.5, 0.6) is 0 Å². The summed E-state index contributed by atoms with van der Waals surface area (Å²) in [7, 11) is -2.22. The summed E-state index contributed by atoms with van der Waals surface area (Å²) >= 11 is 0. The molecule has 0 aliphatic carbocycles. The number of benzene rings is 1. The van der Waals surface area contributed by atoms with Crippen LogP contribution in [0.1, 0.15) is 11.6 Å². The first-order chi connectivity index (χ1) is 14.4. The number of nitrogens with two attached hydrogens (primary N) is 2. The fraction of sp³-hybridized carbons (Fsp3) is 0.150. The number of imidazole rings is 1. The number of H-pyrrole nitrogens is 1. The van der Waals surface area contributed by atoms with Crippen molar-refractivity contribution in [1.29, 1.82) is 0 Å². The van der Waals surface area contributed by atoms with Crippen molar-refractivity contribution in [3.63, 3.8) is 0 Å². The van der Waals surface area contributed by atoms with Crippen molar-refractivity contribution in [3.8, 4) is 22.6 Å². The van der Waals surface area contributed by atoms with Gasteiger partial charge in [0.15, 0.2) is 11.6 Å². The maximum atomic E-state index is 11.5. The number of methoxy groups -OCH3 is 1. The highest BCUT2D eigenvalue weighted by Gasteiger charge is 2.24. The van der Waals surface area contributed by atoms with Gasteiger partial charge in [0.1, 0.15) is 5.82 Å². The number of aromatic amines is 1. The van der Waals surface area contributed by atoms with Crippen LogP contribution in [0.2, 0.25) is 0 Å². The second kappa shape index (κ2) is 7.73. The minimum absolute atomic E-state index is 0.0390. The summed E-state index contributed by atoms with van der Waals surface area (Å²) in [5, 5.41) is 5.19. The number of amidine groups is 1. The third kappa shape index (κ3) is 3.82. The fourth-order valence-electron chi connectivity index (χ4n) is 3.27. The van der Waals surface area contributed by atoms with Crippen molar-refractivity contribution >= 4 is 15.9 Å². The van der Waals surface area contributed by atoms with Crippen molar-refractivity contribution in [1.82, 2.24) is 15.0 Å². The van der Waals surface area contributed by atoms with Gasteiger partial charge >= 0.3 is 0 Å². The normalized spacial score (nSPS) is 16.7. The molecule has 4 rings (SSSR count). The molecule has 10 heteroatoms. The van der Waals surface area contributed by atoms with Crippen LogP contribution in [-0.4, -0.2) is 42.9 Å². The maximum Gasteiger partial charge on any atom is 0.238 e. The van der Waals surface area contributed by atoms with Crippen molar-refractivity contribution in [3.05, 3.63) is 66.3 Å². The van der Waals surface area contributed by atoms with E-state index in [0.29, 0.717) is 24.0 Å². The molecule has 0 amide bonds. The molecular formula is C20H20N6O3S. The zero-order valence-corrected chi connectivity index (χ0v) is 16.9. The molecule has 1 aliphatic heterocycles. The van der Waals surface area contributed by atoms with Gasteiger partial charge in [-0.05, 0) is 42.5 Å². The Morgan fingerprint density at radius 1 is 1.10 bits per heavy atom. The van der Waals surface area contributed by atoms with E-state index in [-0.39, 0.29) is 10.8 Å². The molecule has 0 radical (unpaired) electrons. The van der Waals surface area contributed by atoms with Crippen molar-refractivity contribution in [2.75, 3.05) is 13.7 Å². The van der Waals surface area contributed by atoms with Gasteiger partial charge in [-0.2, -0.15) is 0 Å². The Kier molecular flexibility index (Phi) is 5.10. The lowest BCUT2D eigenvalue weighted by Gasteiger charge is -2.18. The number of rotatable bonds is 5. The summed E-state index contributed by atoms with van der Waals surface area (Å²) in [5.74, 6) is 1.34. The van der Waals surface area contributed by atoms with Gasteiger partial charge in [-0.3, -0.25) is 9.98 Å². The third-order valence-corrected chi connectivity index (χ3v) is 5.73. The summed E-state index contributed by atoms with van der Waals surface area (Å²) in [6, 6.07) is 9.96. The number of nitrogens with zero attached hydrogens (tertiary/aromatic N) is 3. The quantitative estimate of drug-likeness (QED) is 0.568. The Labute approximate surface area is 173 Å². The lowest BCUT2D eigenvalue weighted by Crippen LogP contribution is -2.23. The molecule has 0 fully saturated rings. The van der Waals surface area contributed by atoms with Crippen LogP contribution in [0.25, 0.3) is 22.6 Å². The number of nitrogens with one attached hydrogen (secondary N) is 1. The molecule has 154 valence electrons. The molecule has 3 aromatic rings. The van der Waals surface area contributed by atoms with Gasteiger partial charge in [0.05, 0.1) is 29.9 Å². The molecular weight excluding hydrogens is 404 g/mol. The van der Waals surface area contributed by atoms with E-state index in [2.05, 4.69) is 15.0 Å². The zero-order chi connectivity index (χ0) is 21.3. The fourth-order valence-corrected chi connectivity index (χ4v) is 3.78. The summed E-state index contributed by atoms with van der Waals surface area (Å²) in [6.07, 6.45) is 5.30. The number of pyridine rings is 1. The number of dihydropyridines is 1. The average molecular weight is 424 g/mol. The molecule has 0 spiro atoms. The van der Waals surface area contributed by atoms with Gasteiger partial charge in [-0.15, -0.1) is 0 Å². The summed E-state index contributed by atoms with van der Waals surface area (Å²) in [6.45, 7) is 0.447. The van der Waals surface area contributed by atoms with E-state index in [1.807, 2.05) is 18.2 Å². The SMILES string of the molecule is COC1=CC(c2[nH]c(-c3ccc(S(N)(=O)=O)cc3)nc2-c2ccncc2)CN=C1N. The Bertz CT molecular complexity index is 1230. The molecule has 1 aliphatic rings. The Morgan fingerprint density at radius 2 is 1.80 bits per heavy atom. The lowest BCUT2D eigenvalue weighted by molar-refractivity contribution is 0.309. The molecule has 30 heavy (non-hydrogen) atoms. The van der Waals surface area contributed by atoms with Crippen molar-refractivity contribution in [2.24, 2.45) is 15.9 Å². The summed E-state index contributed by atoms with van der Waals surface area (Å²) in [4.78, 5) is 16.6. The molecule has 0 saturated heterocycles. The number of sulfonamides is 1. The second-order valence-electron chi connectivity index (χ2n) is 6.72. The number of aliphatic imine (C=N–C) groups is 1. The summed E-state index contributed by atoms with van der Waals surface area (Å²) < 4.78 is 28.4. The molecule has 3 heterocycles. The van der Waals surface area contributed by atoms with Crippen LogP contribution in [0, 0.1) is 0 Å². The van der Waals surface area contributed by atoms with Gasteiger partial charge in [-0.1, -0.05) is 0 Å². The first-order valence-corrected chi connectivity index (χ1v) is 10.6. The minimum Gasteiger partial charge on any atom is -0.493 e. The highest BCUT2D eigenvalue weighted by molar-refractivity contribution is 7.89. The average Bonchev–Trinajstić information content (AvgIpc) is 3.20. The van der Waals surface area contributed by atoms with Gasteiger partial charge in [0, 0.05) is 29.4 Å². The molecule has 9 nitrogen and oxygen atoms in total. The monoisotopic (exact) mass is 424 g/mol. The standard InChI is InChI=1S/C20H20N6O3S/c1-29-16-10-14(11-24-19(16)21)18-17(12-6-8-23-9-7-12)25-20(26-18)13-2-4-15(5-3-13)30(22,27)28/h2-10,14H,11H2,1H3,(H2,21,24)(H,25,26)(H2,22,27,28). The first-order valence-electron chi connectivity index (χ1n) is 9.06.